The number of aryl methyl sites for hydroxylation is 1. The number of alkyl halides is 3. The number of aromatic nitrogens is 2. The highest BCUT2D eigenvalue weighted by Gasteiger charge is 2.24. The van der Waals surface area contributed by atoms with E-state index in [0.717, 1.165) is 0 Å². The summed E-state index contributed by atoms with van der Waals surface area (Å²) in [5, 5.41) is 8.94. The highest BCUT2D eigenvalue weighted by molar-refractivity contribution is 6.67. The SMILES string of the molecule is O=C(OCC(Cl)(Cl)Cl)n1c(CCCO)nc2ccccc21. The van der Waals surface area contributed by atoms with Crippen LogP contribution in [0.1, 0.15) is 12.2 Å². The van der Waals surface area contributed by atoms with Crippen LogP contribution in [-0.4, -0.2) is 37.8 Å². The first-order valence-corrected chi connectivity index (χ1v) is 7.37. The second-order valence-electron chi connectivity index (χ2n) is 4.35. The minimum Gasteiger partial charge on any atom is -0.444 e. The lowest BCUT2D eigenvalue weighted by Crippen LogP contribution is -2.22. The lowest BCUT2D eigenvalue weighted by atomic mass is 10.3. The Hall–Kier alpha value is -1.01. The maximum Gasteiger partial charge on any atom is 0.420 e. The van der Waals surface area contributed by atoms with Crippen LogP contribution in [0.4, 0.5) is 4.79 Å². The molecule has 0 aliphatic carbocycles. The van der Waals surface area contributed by atoms with Gasteiger partial charge in [-0.15, -0.1) is 0 Å². The maximum absolute atomic E-state index is 12.2. The summed E-state index contributed by atoms with van der Waals surface area (Å²) in [6, 6.07) is 7.15. The number of imidazole rings is 1. The van der Waals surface area contributed by atoms with Crippen molar-refractivity contribution < 1.29 is 14.6 Å². The summed E-state index contributed by atoms with van der Waals surface area (Å²) >= 11 is 16.7. The molecule has 1 aromatic heterocycles. The monoisotopic (exact) mass is 350 g/mol. The third kappa shape index (κ3) is 4.23. The molecule has 8 heteroatoms. The summed E-state index contributed by atoms with van der Waals surface area (Å²) in [6.45, 7) is -0.352. The maximum atomic E-state index is 12.2. The summed E-state index contributed by atoms with van der Waals surface area (Å²) in [5.74, 6) is 0.500. The van der Waals surface area contributed by atoms with Crippen molar-refractivity contribution in [2.45, 2.75) is 16.6 Å². The van der Waals surface area contributed by atoms with Gasteiger partial charge >= 0.3 is 6.09 Å². The molecule has 21 heavy (non-hydrogen) atoms. The van der Waals surface area contributed by atoms with E-state index >= 15 is 0 Å². The van der Waals surface area contributed by atoms with Crippen LogP contribution >= 0.6 is 34.8 Å². The molecule has 0 atom stereocenters. The molecule has 0 aliphatic rings. The number of aliphatic hydroxyl groups excluding tert-OH is 1. The van der Waals surface area contributed by atoms with Crippen molar-refractivity contribution in [3.05, 3.63) is 30.1 Å². The molecule has 2 aromatic rings. The molecule has 1 aromatic carbocycles. The second-order valence-corrected chi connectivity index (χ2v) is 6.87. The van der Waals surface area contributed by atoms with E-state index in [2.05, 4.69) is 4.98 Å². The Bertz CT molecular complexity index is 637. The predicted octanol–water partition coefficient (Wildman–Crippen LogP) is 3.32. The molecule has 0 unspecified atom stereocenters. The molecule has 0 amide bonds. The van der Waals surface area contributed by atoms with E-state index in [1.165, 1.54) is 4.57 Å². The number of rotatable bonds is 4. The Morgan fingerprint density at radius 3 is 2.71 bits per heavy atom. The smallest absolute Gasteiger partial charge is 0.420 e. The Labute approximate surface area is 136 Å². The van der Waals surface area contributed by atoms with E-state index in [1.807, 2.05) is 6.07 Å². The normalized spacial score (nSPS) is 11.8. The van der Waals surface area contributed by atoms with Gasteiger partial charge in [-0.05, 0) is 18.6 Å². The molecule has 0 saturated heterocycles. The molecule has 5 nitrogen and oxygen atoms in total. The minimum atomic E-state index is -1.67. The van der Waals surface area contributed by atoms with Crippen molar-refractivity contribution in [3.63, 3.8) is 0 Å². The quantitative estimate of drug-likeness (QED) is 0.858. The van der Waals surface area contributed by atoms with Gasteiger partial charge in [0.25, 0.3) is 0 Å². The molecule has 114 valence electrons. The predicted molar refractivity (Wildman–Crippen MR) is 82.2 cm³/mol. The fourth-order valence-electron chi connectivity index (χ4n) is 1.89. The average molecular weight is 352 g/mol. The number of carbonyl (C=O) groups is 1. The van der Waals surface area contributed by atoms with Gasteiger partial charge in [0.2, 0.25) is 3.79 Å². The summed E-state index contributed by atoms with van der Waals surface area (Å²) in [4.78, 5) is 16.6. The summed E-state index contributed by atoms with van der Waals surface area (Å²) < 4.78 is 4.67. The third-order valence-corrected chi connectivity index (χ3v) is 3.06. The van der Waals surface area contributed by atoms with Gasteiger partial charge in [0.1, 0.15) is 12.4 Å². The zero-order valence-corrected chi connectivity index (χ0v) is 13.2. The van der Waals surface area contributed by atoms with Gasteiger partial charge in [0.05, 0.1) is 11.0 Å². The zero-order chi connectivity index (χ0) is 15.5. The van der Waals surface area contributed by atoms with Crippen molar-refractivity contribution in [1.29, 1.82) is 0 Å². The van der Waals surface area contributed by atoms with E-state index in [-0.39, 0.29) is 13.2 Å². The largest absolute Gasteiger partial charge is 0.444 e. The van der Waals surface area contributed by atoms with E-state index in [9.17, 15) is 4.79 Å². The molecule has 1 heterocycles. The molecule has 0 saturated carbocycles. The Morgan fingerprint density at radius 2 is 2.05 bits per heavy atom. The third-order valence-electron chi connectivity index (χ3n) is 2.73. The van der Waals surface area contributed by atoms with Gasteiger partial charge in [0, 0.05) is 13.0 Å². The van der Waals surface area contributed by atoms with E-state index < -0.39 is 9.89 Å². The highest BCUT2D eigenvalue weighted by atomic mass is 35.6. The Morgan fingerprint density at radius 1 is 1.33 bits per heavy atom. The molecular weight excluding hydrogens is 339 g/mol. The lowest BCUT2D eigenvalue weighted by Gasteiger charge is -2.13. The highest BCUT2D eigenvalue weighted by Crippen LogP contribution is 2.26. The van der Waals surface area contributed by atoms with Crippen molar-refractivity contribution in [1.82, 2.24) is 9.55 Å². The van der Waals surface area contributed by atoms with Gasteiger partial charge in [0.15, 0.2) is 0 Å². The van der Waals surface area contributed by atoms with E-state index in [1.54, 1.807) is 18.2 Å². The molecule has 0 aliphatic heterocycles. The molecule has 0 fully saturated rings. The standard InChI is InChI=1S/C13H13Cl3N2O3/c14-13(15,16)8-21-12(20)18-10-5-2-1-4-9(10)17-11(18)6-3-7-19/h1-2,4-5,19H,3,6-8H2. The van der Waals surface area contributed by atoms with Crippen LogP contribution in [-0.2, 0) is 11.2 Å². The second kappa shape index (κ2) is 6.83. The van der Waals surface area contributed by atoms with Crippen molar-refractivity contribution >= 4 is 51.9 Å². The van der Waals surface area contributed by atoms with Crippen LogP contribution in [0.25, 0.3) is 11.0 Å². The van der Waals surface area contributed by atoms with Crippen LogP contribution in [0.3, 0.4) is 0 Å². The van der Waals surface area contributed by atoms with Crippen LogP contribution in [0.5, 0.6) is 0 Å². The Kier molecular flexibility index (Phi) is 5.32. The molecular formula is C13H13Cl3N2O3. The van der Waals surface area contributed by atoms with Crippen LogP contribution in [0, 0.1) is 0 Å². The van der Waals surface area contributed by atoms with Crippen molar-refractivity contribution in [2.75, 3.05) is 13.2 Å². The summed E-state index contributed by atoms with van der Waals surface area (Å²) in [5.41, 5.74) is 1.27. The summed E-state index contributed by atoms with van der Waals surface area (Å²) in [7, 11) is 0. The number of benzene rings is 1. The first kappa shape index (κ1) is 16.4. The number of hydrogen-bond donors (Lipinski definition) is 1. The first-order valence-electron chi connectivity index (χ1n) is 6.23. The van der Waals surface area contributed by atoms with E-state index in [4.69, 9.17) is 44.6 Å². The number of nitrogens with zero attached hydrogens (tertiary/aromatic N) is 2. The molecule has 0 bridgehead atoms. The molecule has 2 rings (SSSR count). The van der Waals surface area contributed by atoms with Crippen molar-refractivity contribution in [3.8, 4) is 0 Å². The fraction of sp³-hybridized carbons (Fsp3) is 0.385. The van der Waals surface area contributed by atoms with Gasteiger partial charge in [-0.25, -0.2) is 14.3 Å². The minimum absolute atomic E-state index is 0.00635. The molecule has 0 radical (unpaired) electrons. The van der Waals surface area contributed by atoms with Crippen LogP contribution < -0.4 is 0 Å². The molecule has 1 N–H and O–H groups in total. The number of hydrogen-bond acceptors (Lipinski definition) is 4. The number of ether oxygens (including phenoxy) is 1. The fourth-order valence-corrected chi connectivity index (χ4v) is 2.06. The van der Waals surface area contributed by atoms with Gasteiger partial charge in [-0.2, -0.15) is 0 Å². The first-order chi connectivity index (χ1) is 9.92. The summed E-state index contributed by atoms with van der Waals surface area (Å²) in [6.07, 6.45) is 0.262. The number of carbonyl (C=O) groups excluding carboxylic acids is 1. The molecule has 0 spiro atoms. The number of halogens is 3. The van der Waals surface area contributed by atoms with E-state index in [0.29, 0.717) is 29.7 Å². The number of para-hydroxylation sites is 2. The zero-order valence-electron chi connectivity index (χ0n) is 10.9. The van der Waals surface area contributed by atoms with Gasteiger partial charge in [-0.1, -0.05) is 46.9 Å². The van der Waals surface area contributed by atoms with Crippen molar-refractivity contribution in [2.24, 2.45) is 0 Å². The Balaban J connectivity index is 2.32. The average Bonchev–Trinajstić information content (AvgIpc) is 2.80. The number of fused-ring (bicyclic) bond motifs is 1. The lowest BCUT2D eigenvalue weighted by molar-refractivity contribution is 0.150. The van der Waals surface area contributed by atoms with Gasteiger partial charge < -0.3 is 9.84 Å². The number of aliphatic hydroxyl groups is 1. The van der Waals surface area contributed by atoms with Crippen LogP contribution in [0.2, 0.25) is 0 Å². The topological polar surface area (TPSA) is 64.3 Å². The van der Waals surface area contributed by atoms with Gasteiger partial charge in [-0.3, -0.25) is 0 Å². The van der Waals surface area contributed by atoms with Crippen LogP contribution in [0.15, 0.2) is 24.3 Å².